The Balaban J connectivity index is 1.58. The number of hydrogen-bond acceptors (Lipinski definition) is 5. The number of nitrogens with zero attached hydrogens (tertiary/aromatic N) is 3. The molecule has 208 valence electrons. The highest BCUT2D eigenvalue weighted by Gasteiger charge is 2.40. The minimum Gasteiger partial charge on any atom is -0.486 e. The second-order valence-electron chi connectivity index (χ2n) is 10.0. The topological polar surface area (TPSA) is 64.0 Å². The summed E-state index contributed by atoms with van der Waals surface area (Å²) in [7, 11) is 0. The fraction of sp³-hybridized carbons (Fsp3) is 0.212. The smallest absolute Gasteiger partial charge is 0.278 e. The molecule has 0 saturated heterocycles. The van der Waals surface area contributed by atoms with Crippen LogP contribution in [0.5, 0.6) is 11.5 Å². The third-order valence-corrected chi connectivity index (χ3v) is 7.50. The quantitative estimate of drug-likeness (QED) is 0.310. The Labute approximate surface area is 237 Å². The molecule has 0 aliphatic carbocycles. The summed E-state index contributed by atoms with van der Waals surface area (Å²) in [6.45, 7) is 2.45. The average Bonchev–Trinajstić information content (AvgIpc) is 3.02. The first-order valence-electron chi connectivity index (χ1n) is 13.7. The number of ether oxygens (including phenoxy) is 2. The lowest BCUT2D eigenvalue weighted by atomic mass is 9.96. The zero-order valence-corrected chi connectivity index (χ0v) is 22.7. The molecule has 7 nitrogen and oxygen atoms in total. The molecule has 2 aliphatic heterocycles. The summed E-state index contributed by atoms with van der Waals surface area (Å²) in [6, 6.07) is 24.6. The van der Waals surface area contributed by atoms with Gasteiger partial charge in [0.15, 0.2) is 23.0 Å². The van der Waals surface area contributed by atoms with Crippen molar-refractivity contribution in [3.63, 3.8) is 0 Å². The van der Waals surface area contributed by atoms with E-state index in [1.807, 2.05) is 90.8 Å². The van der Waals surface area contributed by atoms with E-state index < -0.39 is 11.9 Å². The van der Waals surface area contributed by atoms with E-state index in [0.717, 1.165) is 11.1 Å². The first-order chi connectivity index (χ1) is 20.1. The predicted octanol–water partition coefficient (Wildman–Crippen LogP) is 5.43. The highest BCUT2D eigenvalue weighted by molar-refractivity contribution is 5.96. The molecule has 1 amide bonds. The van der Waals surface area contributed by atoms with E-state index in [1.54, 1.807) is 21.8 Å². The van der Waals surface area contributed by atoms with E-state index in [2.05, 4.69) is 0 Å². The number of fused-ring (bicyclic) bond motifs is 5. The van der Waals surface area contributed by atoms with Crippen LogP contribution in [0.25, 0.3) is 0 Å². The van der Waals surface area contributed by atoms with Crippen molar-refractivity contribution in [2.45, 2.75) is 32.0 Å². The Bertz CT molecular complexity index is 1640. The second kappa shape index (κ2) is 11.3. The van der Waals surface area contributed by atoms with Gasteiger partial charge in [-0.15, -0.1) is 0 Å². The van der Waals surface area contributed by atoms with Crippen LogP contribution in [0.1, 0.15) is 46.6 Å². The predicted molar refractivity (Wildman–Crippen MR) is 154 cm³/mol. The number of carbonyl (C=O) groups is 1. The maximum Gasteiger partial charge on any atom is 0.278 e. The molecule has 2 bridgehead atoms. The molecule has 0 unspecified atom stereocenters. The summed E-state index contributed by atoms with van der Waals surface area (Å²) in [5.41, 5.74) is 2.08. The van der Waals surface area contributed by atoms with Gasteiger partial charge in [0.2, 0.25) is 5.43 Å². The van der Waals surface area contributed by atoms with Crippen LogP contribution in [-0.4, -0.2) is 34.8 Å². The number of benzene rings is 3. The summed E-state index contributed by atoms with van der Waals surface area (Å²) < 4.78 is 29.1. The van der Waals surface area contributed by atoms with Crippen LogP contribution in [-0.2, 0) is 6.61 Å². The molecule has 0 fully saturated rings. The van der Waals surface area contributed by atoms with Gasteiger partial charge in [-0.2, -0.15) is 0 Å². The average molecular weight is 552 g/mol. The number of rotatable bonds is 5. The molecular weight excluding hydrogens is 521 g/mol. The molecule has 8 heteroatoms. The molecule has 3 aromatic carbocycles. The molecule has 2 atom stereocenters. The minimum atomic E-state index is -0.559. The van der Waals surface area contributed by atoms with Gasteiger partial charge in [-0.25, -0.2) is 4.39 Å². The van der Waals surface area contributed by atoms with E-state index in [-0.39, 0.29) is 54.5 Å². The van der Waals surface area contributed by atoms with Crippen molar-refractivity contribution in [3.8, 4) is 11.5 Å². The maximum absolute atomic E-state index is 15.3. The molecule has 6 rings (SSSR count). The van der Waals surface area contributed by atoms with Crippen molar-refractivity contribution >= 4 is 5.91 Å². The van der Waals surface area contributed by atoms with Crippen LogP contribution in [0.15, 0.2) is 108 Å². The third kappa shape index (κ3) is 4.97. The Morgan fingerprint density at radius 1 is 0.951 bits per heavy atom. The maximum atomic E-state index is 15.3. The molecule has 1 aromatic heterocycles. The number of para-hydroxylation sites is 1. The molecule has 0 spiro atoms. The van der Waals surface area contributed by atoms with Crippen molar-refractivity contribution in [3.05, 3.63) is 142 Å². The van der Waals surface area contributed by atoms with E-state index in [0.29, 0.717) is 12.0 Å². The normalized spacial score (nSPS) is 18.9. The highest BCUT2D eigenvalue weighted by atomic mass is 19.1. The van der Waals surface area contributed by atoms with Crippen molar-refractivity contribution < 1.29 is 18.7 Å². The molecule has 2 aliphatic rings. The molecule has 0 radical (unpaired) electrons. The number of hydrogen-bond donors (Lipinski definition) is 0. The third-order valence-electron chi connectivity index (χ3n) is 7.50. The minimum absolute atomic E-state index is 0.0210. The first-order valence-corrected chi connectivity index (χ1v) is 13.7. The highest BCUT2D eigenvalue weighted by Crippen LogP contribution is 2.39. The largest absolute Gasteiger partial charge is 0.486 e. The van der Waals surface area contributed by atoms with Gasteiger partial charge < -0.3 is 14.4 Å². The van der Waals surface area contributed by atoms with E-state index in [9.17, 15) is 9.59 Å². The molecule has 41 heavy (non-hydrogen) atoms. The summed E-state index contributed by atoms with van der Waals surface area (Å²) in [5, 5.41) is 1.96. The van der Waals surface area contributed by atoms with Crippen LogP contribution < -0.4 is 19.9 Å². The fourth-order valence-corrected chi connectivity index (χ4v) is 5.52. The SMILES string of the molecule is CC[C@H]1/C=C/COc2c(F)cccc2[C@H](c2ccccc2)N2CN1C(=O)c1c(OCc3ccccc3)c(=O)ccn12. The first kappa shape index (κ1) is 26.4. The van der Waals surface area contributed by atoms with Crippen LogP contribution in [0.2, 0.25) is 0 Å². The van der Waals surface area contributed by atoms with Crippen LogP contribution in [0, 0.1) is 5.82 Å². The van der Waals surface area contributed by atoms with E-state index in [1.165, 1.54) is 12.1 Å². The molecule has 3 heterocycles. The molecule has 0 N–H and O–H groups in total. The molecule has 0 saturated carbocycles. The van der Waals surface area contributed by atoms with Crippen LogP contribution >= 0.6 is 0 Å². The van der Waals surface area contributed by atoms with Crippen molar-refractivity contribution in [2.24, 2.45) is 0 Å². The Kier molecular flexibility index (Phi) is 7.29. The summed E-state index contributed by atoms with van der Waals surface area (Å²) >= 11 is 0. The monoisotopic (exact) mass is 551 g/mol. The van der Waals surface area contributed by atoms with Gasteiger partial charge in [-0.3, -0.25) is 19.3 Å². The van der Waals surface area contributed by atoms with Gasteiger partial charge in [-0.1, -0.05) is 85.8 Å². The lowest BCUT2D eigenvalue weighted by molar-refractivity contribution is 0.0622. The number of aromatic nitrogens is 1. The molecular formula is C33H30FN3O4. The lowest BCUT2D eigenvalue weighted by Gasteiger charge is -2.46. The van der Waals surface area contributed by atoms with Crippen LogP contribution in [0.3, 0.4) is 0 Å². The number of amides is 1. The number of carbonyl (C=O) groups excluding carboxylic acids is 1. The standard InChI is InChI=1S/C33H30FN3O4/c1-2-25-15-10-20-40-31-26(16-9-17-27(31)34)29(24-13-7-4-8-14-24)37-22-35(25)33(39)30-32(28(38)18-19-36(30)37)41-21-23-11-5-3-6-12-23/h3-19,25,29H,2,20-22H2,1H3/b15-10+/t25-,29-/m0/s1. The van der Waals surface area contributed by atoms with Gasteiger partial charge in [0.05, 0.1) is 6.04 Å². The van der Waals surface area contributed by atoms with Crippen molar-refractivity contribution in [1.29, 1.82) is 0 Å². The van der Waals surface area contributed by atoms with Gasteiger partial charge in [-0.05, 0) is 29.7 Å². The zero-order chi connectivity index (χ0) is 28.3. The van der Waals surface area contributed by atoms with E-state index in [4.69, 9.17) is 9.47 Å². The van der Waals surface area contributed by atoms with Gasteiger partial charge >= 0.3 is 0 Å². The van der Waals surface area contributed by atoms with E-state index >= 15 is 4.39 Å². The van der Waals surface area contributed by atoms with Gasteiger partial charge in [0.1, 0.15) is 25.9 Å². The fourth-order valence-electron chi connectivity index (χ4n) is 5.52. The Hall–Kier alpha value is -4.85. The zero-order valence-electron chi connectivity index (χ0n) is 22.7. The van der Waals surface area contributed by atoms with Crippen LogP contribution in [0.4, 0.5) is 4.39 Å². The van der Waals surface area contributed by atoms with Gasteiger partial charge in [0.25, 0.3) is 5.91 Å². The molecule has 4 aromatic rings. The lowest BCUT2D eigenvalue weighted by Crippen LogP contribution is -2.58. The summed E-state index contributed by atoms with van der Waals surface area (Å²) in [5.74, 6) is -0.662. The number of pyridine rings is 1. The van der Waals surface area contributed by atoms with Crippen molar-refractivity contribution in [2.75, 3.05) is 18.3 Å². The van der Waals surface area contributed by atoms with Crippen molar-refractivity contribution in [1.82, 2.24) is 9.58 Å². The Morgan fingerprint density at radius 2 is 1.71 bits per heavy atom. The summed E-state index contributed by atoms with van der Waals surface area (Å²) in [6.07, 6.45) is 5.93. The second-order valence-corrected chi connectivity index (χ2v) is 10.0. The summed E-state index contributed by atoms with van der Waals surface area (Å²) in [4.78, 5) is 29.2. The number of halogens is 1. The Morgan fingerprint density at radius 3 is 2.46 bits per heavy atom. The van der Waals surface area contributed by atoms with Gasteiger partial charge in [0, 0.05) is 17.8 Å².